The standard InChI is InChI=1S/C45H51N11O6/c1-28(2)55-37-25-39(49-38-12-15-46-45(50-38)54-16-13-31(61-3)14-17-54)47-26-35(37)48-41(55)30-6-4-29(5-7-30)27-53-20-18-52(19-21-53)22-23-62-32-8-9-33-34(24-32)44(60)56(43(33)59)36-10-11-40(57)51-42(36)58/h4-9,12,15,24-26,28,31,36H,10-11,13-14,16-23,27H2,1-3H3,(H,51,57,58)(H,46,47,49,50). The number of piperazine rings is 1. The van der Waals surface area contributed by atoms with Gasteiger partial charge >= 0.3 is 0 Å². The maximum absolute atomic E-state index is 13.2. The highest BCUT2D eigenvalue weighted by molar-refractivity contribution is 6.23. The number of nitrogens with zero attached hydrogens (tertiary/aromatic N) is 9. The maximum atomic E-state index is 13.2. The Balaban J connectivity index is 0.769. The van der Waals surface area contributed by atoms with E-state index >= 15 is 0 Å². The molecule has 0 saturated carbocycles. The van der Waals surface area contributed by atoms with Gasteiger partial charge in [-0.15, -0.1) is 0 Å². The lowest BCUT2D eigenvalue weighted by Crippen LogP contribution is -2.54. The second-order valence-corrected chi connectivity index (χ2v) is 16.6. The van der Waals surface area contributed by atoms with Gasteiger partial charge in [0.1, 0.15) is 41.4 Å². The molecule has 1 atom stereocenters. The Morgan fingerprint density at radius 1 is 0.823 bits per heavy atom. The largest absolute Gasteiger partial charge is 0.492 e. The van der Waals surface area contributed by atoms with Gasteiger partial charge in [-0.2, -0.15) is 4.98 Å². The molecule has 0 aliphatic carbocycles. The van der Waals surface area contributed by atoms with Crippen molar-refractivity contribution in [1.82, 2.24) is 44.5 Å². The van der Waals surface area contributed by atoms with Crippen LogP contribution in [0, 0.1) is 0 Å². The lowest BCUT2D eigenvalue weighted by Gasteiger charge is -2.34. The molecular formula is C45H51N11O6. The fourth-order valence-electron chi connectivity index (χ4n) is 8.81. The Bertz CT molecular complexity index is 2490. The molecule has 1 unspecified atom stereocenters. The summed E-state index contributed by atoms with van der Waals surface area (Å²) in [5.74, 6) is 1.35. The van der Waals surface area contributed by atoms with Crippen molar-refractivity contribution >= 4 is 52.2 Å². The van der Waals surface area contributed by atoms with E-state index in [2.05, 4.69) is 78.0 Å². The molecule has 0 spiro atoms. The van der Waals surface area contributed by atoms with E-state index in [1.807, 2.05) is 18.3 Å². The molecule has 2 aromatic carbocycles. The number of amides is 4. The van der Waals surface area contributed by atoms with Crippen LogP contribution in [0.3, 0.4) is 0 Å². The monoisotopic (exact) mass is 841 g/mol. The number of anilines is 3. The van der Waals surface area contributed by atoms with E-state index in [-0.39, 0.29) is 36.1 Å². The zero-order valence-corrected chi connectivity index (χ0v) is 35.2. The van der Waals surface area contributed by atoms with Crippen LogP contribution >= 0.6 is 0 Å². The molecule has 3 aromatic heterocycles. The topological polar surface area (TPSA) is 180 Å². The number of ether oxygens (including phenoxy) is 2. The smallest absolute Gasteiger partial charge is 0.262 e. The first kappa shape index (κ1) is 41.1. The number of nitrogens with one attached hydrogen (secondary N) is 2. The summed E-state index contributed by atoms with van der Waals surface area (Å²) in [6.45, 7) is 11.7. The van der Waals surface area contributed by atoms with E-state index in [1.165, 1.54) is 5.56 Å². The molecule has 17 nitrogen and oxygen atoms in total. The number of aromatic nitrogens is 5. The molecule has 4 amide bonds. The average Bonchev–Trinajstić information content (AvgIpc) is 3.78. The number of pyridine rings is 1. The van der Waals surface area contributed by atoms with Gasteiger partial charge in [-0.25, -0.2) is 15.0 Å². The van der Waals surface area contributed by atoms with Crippen LogP contribution in [0.2, 0.25) is 0 Å². The molecule has 3 fully saturated rings. The van der Waals surface area contributed by atoms with E-state index in [1.54, 1.807) is 31.5 Å². The molecule has 0 bridgehead atoms. The second kappa shape index (κ2) is 17.6. The van der Waals surface area contributed by atoms with Crippen LogP contribution in [0.4, 0.5) is 17.6 Å². The third kappa shape index (κ3) is 8.47. The number of benzene rings is 2. The summed E-state index contributed by atoms with van der Waals surface area (Å²) >= 11 is 0. The normalized spacial score (nSPS) is 19.1. The van der Waals surface area contributed by atoms with Crippen LogP contribution in [0.1, 0.15) is 71.9 Å². The van der Waals surface area contributed by atoms with E-state index in [0.29, 0.717) is 29.9 Å². The summed E-state index contributed by atoms with van der Waals surface area (Å²) in [6.07, 6.45) is 5.98. The number of carbonyl (C=O) groups is 4. The van der Waals surface area contributed by atoms with Crippen molar-refractivity contribution < 1.29 is 28.7 Å². The highest BCUT2D eigenvalue weighted by Crippen LogP contribution is 2.32. The van der Waals surface area contributed by atoms with Crippen LogP contribution in [0.25, 0.3) is 22.4 Å². The van der Waals surface area contributed by atoms with E-state index in [0.717, 1.165) is 92.5 Å². The van der Waals surface area contributed by atoms with Crippen molar-refractivity contribution in [2.24, 2.45) is 0 Å². The van der Waals surface area contributed by atoms with Crippen molar-refractivity contribution in [3.8, 4) is 17.1 Å². The molecular weight excluding hydrogens is 791 g/mol. The molecule has 322 valence electrons. The van der Waals surface area contributed by atoms with Crippen molar-refractivity contribution in [2.75, 3.05) is 69.7 Å². The third-order valence-electron chi connectivity index (χ3n) is 12.2. The fraction of sp³-hybridized carbons (Fsp3) is 0.422. The molecule has 2 N–H and O–H groups in total. The number of imidazole rings is 1. The van der Waals surface area contributed by atoms with E-state index in [4.69, 9.17) is 19.4 Å². The summed E-state index contributed by atoms with van der Waals surface area (Å²) in [7, 11) is 1.77. The van der Waals surface area contributed by atoms with Gasteiger partial charge in [0.15, 0.2) is 0 Å². The van der Waals surface area contributed by atoms with Gasteiger partial charge in [0.25, 0.3) is 11.8 Å². The summed E-state index contributed by atoms with van der Waals surface area (Å²) in [6, 6.07) is 16.6. The van der Waals surface area contributed by atoms with Gasteiger partial charge < -0.3 is 24.3 Å². The molecule has 4 aliphatic rings. The molecule has 4 aliphatic heterocycles. The summed E-state index contributed by atoms with van der Waals surface area (Å²) in [5.41, 5.74) is 4.54. The van der Waals surface area contributed by atoms with Crippen molar-refractivity contribution in [2.45, 2.75) is 64.3 Å². The number of imide groups is 2. The molecule has 7 heterocycles. The molecule has 0 radical (unpaired) electrons. The Morgan fingerprint density at radius 2 is 1.58 bits per heavy atom. The lowest BCUT2D eigenvalue weighted by molar-refractivity contribution is -0.136. The maximum Gasteiger partial charge on any atom is 0.262 e. The van der Waals surface area contributed by atoms with Gasteiger partial charge in [-0.05, 0) is 62.9 Å². The van der Waals surface area contributed by atoms with Crippen molar-refractivity contribution in [3.63, 3.8) is 0 Å². The Hall–Kier alpha value is -6.30. The van der Waals surface area contributed by atoms with Crippen LogP contribution in [0.15, 0.2) is 67.0 Å². The number of rotatable bonds is 13. The minimum atomic E-state index is -0.998. The van der Waals surface area contributed by atoms with Gasteiger partial charge in [-0.1, -0.05) is 24.3 Å². The number of hydrogen-bond acceptors (Lipinski definition) is 14. The predicted octanol–water partition coefficient (Wildman–Crippen LogP) is 4.43. The van der Waals surface area contributed by atoms with Crippen LogP contribution in [-0.2, 0) is 20.9 Å². The fourth-order valence-corrected chi connectivity index (χ4v) is 8.81. The summed E-state index contributed by atoms with van der Waals surface area (Å²) < 4.78 is 13.8. The second-order valence-electron chi connectivity index (χ2n) is 16.6. The molecule has 62 heavy (non-hydrogen) atoms. The first-order chi connectivity index (χ1) is 30.1. The zero-order valence-electron chi connectivity index (χ0n) is 35.2. The minimum absolute atomic E-state index is 0.0765. The number of fused-ring (bicyclic) bond motifs is 2. The van der Waals surface area contributed by atoms with Crippen LogP contribution in [0.5, 0.6) is 5.75 Å². The number of carbonyl (C=O) groups excluding carboxylic acids is 4. The average molecular weight is 842 g/mol. The zero-order chi connectivity index (χ0) is 42.9. The van der Waals surface area contributed by atoms with Crippen molar-refractivity contribution in [1.29, 1.82) is 0 Å². The molecule has 17 heteroatoms. The highest BCUT2D eigenvalue weighted by atomic mass is 16.5. The van der Waals surface area contributed by atoms with Gasteiger partial charge in [0, 0.05) is 89.8 Å². The van der Waals surface area contributed by atoms with Gasteiger partial charge in [0.2, 0.25) is 17.8 Å². The SMILES string of the molecule is COC1CCN(c2nccc(Nc3cc4c(cn3)nc(-c3ccc(CN5CCN(CCOc6ccc7c(c6)C(=O)N(C6CCC(=O)NC6=O)C7=O)CC5)cc3)n4C(C)C)n2)CC1. The summed E-state index contributed by atoms with van der Waals surface area (Å²) in [5, 5.41) is 5.61. The minimum Gasteiger partial charge on any atom is -0.492 e. The third-order valence-corrected chi connectivity index (χ3v) is 12.2. The quantitative estimate of drug-likeness (QED) is 0.159. The van der Waals surface area contributed by atoms with Gasteiger partial charge in [-0.3, -0.25) is 39.2 Å². The number of hydrogen-bond donors (Lipinski definition) is 2. The first-order valence-corrected chi connectivity index (χ1v) is 21.4. The Morgan fingerprint density at radius 3 is 2.32 bits per heavy atom. The Kier molecular flexibility index (Phi) is 11.7. The van der Waals surface area contributed by atoms with Crippen LogP contribution < -0.4 is 20.3 Å². The predicted molar refractivity (Wildman–Crippen MR) is 231 cm³/mol. The Labute approximate surface area is 359 Å². The highest BCUT2D eigenvalue weighted by Gasteiger charge is 2.44. The number of piperidine rings is 2. The van der Waals surface area contributed by atoms with Crippen molar-refractivity contribution in [3.05, 3.63) is 83.7 Å². The first-order valence-electron chi connectivity index (χ1n) is 21.4. The van der Waals surface area contributed by atoms with Crippen LogP contribution in [-0.4, -0.2) is 135 Å². The number of methoxy groups -OCH3 is 1. The molecule has 3 saturated heterocycles. The van der Waals surface area contributed by atoms with Gasteiger partial charge in [0.05, 0.1) is 28.9 Å². The van der Waals surface area contributed by atoms with E-state index < -0.39 is 29.7 Å². The lowest BCUT2D eigenvalue weighted by atomic mass is 10.0. The summed E-state index contributed by atoms with van der Waals surface area (Å²) in [4.78, 5) is 77.2. The molecule has 9 rings (SSSR count). The van der Waals surface area contributed by atoms with E-state index in [9.17, 15) is 19.2 Å². The molecule has 5 aromatic rings.